The first-order valence-electron chi connectivity index (χ1n) is 5.92. The summed E-state index contributed by atoms with van der Waals surface area (Å²) in [6.07, 6.45) is 3.55. The van der Waals surface area contributed by atoms with Gasteiger partial charge >= 0.3 is 0 Å². The SMILES string of the molecule is CI.O=C(N[C@@H]1CC2CCC1N2)c1ccc(Br)s1. The molecule has 0 saturated carbocycles. The first kappa shape index (κ1) is 14.7. The van der Waals surface area contributed by atoms with Crippen molar-refractivity contribution in [3.8, 4) is 0 Å². The van der Waals surface area contributed by atoms with E-state index in [2.05, 4.69) is 49.2 Å². The van der Waals surface area contributed by atoms with Crippen LogP contribution in [-0.4, -0.2) is 29.0 Å². The lowest BCUT2D eigenvalue weighted by molar-refractivity contribution is 0.0935. The van der Waals surface area contributed by atoms with E-state index in [1.807, 2.05) is 17.1 Å². The van der Waals surface area contributed by atoms with Crippen molar-refractivity contribution in [2.45, 2.75) is 37.4 Å². The topological polar surface area (TPSA) is 41.1 Å². The normalized spacial score (nSPS) is 28.7. The fraction of sp³-hybridized carbons (Fsp3) is 0.583. The van der Waals surface area contributed by atoms with Crippen LogP contribution >= 0.6 is 49.9 Å². The number of halogens is 2. The van der Waals surface area contributed by atoms with Gasteiger partial charge in [0.25, 0.3) is 5.91 Å². The second-order valence-corrected chi connectivity index (χ2v) is 6.93. The minimum atomic E-state index is 0.0649. The van der Waals surface area contributed by atoms with E-state index in [0.29, 0.717) is 18.1 Å². The quantitative estimate of drug-likeness (QED) is 0.545. The van der Waals surface area contributed by atoms with Crippen molar-refractivity contribution >= 4 is 55.8 Å². The van der Waals surface area contributed by atoms with Gasteiger partial charge in [-0.25, -0.2) is 0 Å². The Morgan fingerprint density at radius 3 is 2.78 bits per heavy atom. The fourth-order valence-electron chi connectivity index (χ4n) is 2.66. The lowest BCUT2D eigenvalue weighted by atomic mass is 9.95. The minimum absolute atomic E-state index is 0.0649. The highest BCUT2D eigenvalue weighted by atomic mass is 127. The van der Waals surface area contributed by atoms with E-state index in [-0.39, 0.29) is 5.91 Å². The summed E-state index contributed by atoms with van der Waals surface area (Å²) in [5, 5.41) is 6.65. The van der Waals surface area contributed by atoms with Gasteiger partial charge in [0.2, 0.25) is 0 Å². The molecular weight excluding hydrogens is 427 g/mol. The third-order valence-corrected chi connectivity index (χ3v) is 5.04. The molecule has 3 nitrogen and oxygen atoms in total. The highest BCUT2D eigenvalue weighted by molar-refractivity contribution is 14.1. The molecule has 0 radical (unpaired) electrons. The maximum Gasteiger partial charge on any atom is 0.261 e. The summed E-state index contributed by atoms with van der Waals surface area (Å²) in [6, 6.07) is 5.23. The number of carbonyl (C=O) groups is 1. The van der Waals surface area contributed by atoms with Crippen molar-refractivity contribution in [3.05, 3.63) is 20.8 Å². The van der Waals surface area contributed by atoms with Gasteiger partial charge in [-0.15, -0.1) is 11.3 Å². The van der Waals surface area contributed by atoms with Gasteiger partial charge in [0, 0.05) is 18.1 Å². The highest BCUT2D eigenvalue weighted by Gasteiger charge is 2.39. The highest BCUT2D eigenvalue weighted by Crippen LogP contribution is 2.29. The third kappa shape index (κ3) is 3.26. The smallest absolute Gasteiger partial charge is 0.261 e. The van der Waals surface area contributed by atoms with Crippen molar-refractivity contribution in [1.29, 1.82) is 0 Å². The Kier molecular flexibility index (Phi) is 5.47. The van der Waals surface area contributed by atoms with E-state index in [1.165, 1.54) is 24.2 Å². The lowest BCUT2D eigenvalue weighted by Crippen LogP contribution is -2.42. The monoisotopic (exact) mass is 442 g/mol. The van der Waals surface area contributed by atoms with E-state index < -0.39 is 0 Å². The second-order valence-electron chi connectivity index (χ2n) is 4.47. The van der Waals surface area contributed by atoms with Gasteiger partial charge in [-0.2, -0.15) is 0 Å². The molecule has 0 spiro atoms. The third-order valence-electron chi connectivity index (χ3n) is 3.41. The predicted molar refractivity (Wildman–Crippen MR) is 87.8 cm³/mol. The standard InChI is InChI=1S/C11H13BrN2OS.CH3I/c12-10-4-3-9(16-10)11(15)14-8-5-6-1-2-7(8)13-6;1-2/h3-4,6-8,13H,1-2,5H2,(H,14,15);1H3/t6?,7?,8-;/m1./s1. The van der Waals surface area contributed by atoms with Crippen LogP contribution in [0, 0.1) is 0 Å². The Balaban J connectivity index is 0.000000574. The van der Waals surface area contributed by atoms with Crippen LogP contribution in [0.2, 0.25) is 0 Å². The van der Waals surface area contributed by atoms with Crippen LogP contribution in [0.4, 0.5) is 0 Å². The number of nitrogens with one attached hydrogen (secondary N) is 2. The number of hydrogen-bond acceptors (Lipinski definition) is 3. The molecule has 2 bridgehead atoms. The summed E-state index contributed by atoms with van der Waals surface area (Å²) in [4.78, 5) is 14.7. The first-order valence-corrected chi connectivity index (χ1v) is 9.69. The van der Waals surface area contributed by atoms with Crippen LogP contribution in [0.1, 0.15) is 28.9 Å². The summed E-state index contributed by atoms with van der Waals surface area (Å²) in [5.74, 6) is 0.0649. The molecular formula is C12H16BrIN2OS. The van der Waals surface area contributed by atoms with E-state index in [0.717, 1.165) is 15.1 Å². The Morgan fingerprint density at radius 1 is 1.50 bits per heavy atom. The summed E-state index contributed by atoms with van der Waals surface area (Å²) in [5.41, 5.74) is 0. The summed E-state index contributed by atoms with van der Waals surface area (Å²) in [6.45, 7) is 0. The van der Waals surface area contributed by atoms with Crippen molar-refractivity contribution in [1.82, 2.24) is 10.6 Å². The molecule has 0 aliphatic carbocycles. The molecule has 1 amide bonds. The van der Waals surface area contributed by atoms with E-state index in [1.54, 1.807) is 0 Å². The minimum Gasteiger partial charge on any atom is -0.347 e. The molecule has 1 aromatic rings. The molecule has 2 N–H and O–H groups in total. The molecule has 2 unspecified atom stereocenters. The zero-order valence-electron chi connectivity index (χ0n) is 10.1. The number of amides is 1. The first-order chi connectivity index (χ1) is 8.72. The molecule has 6 heteroatoms. The molecule has 18 heavy (non-hydrogen) atoms. The molecule has 3 atom stereocenters. The Hall–Kier alpha value is 0.340. The van der Waals surface area contributed by atoms with Crippen LogP contribution in [0.25, 0.3) is 0 Å². The molecule has 0 aromatic carbocycles. The van der Waals surface area contributed by atoms with Crippen molar-refractivity contribution < 1.29 is 4.79 Å². The molecule has 2 aliphatic heterocycles. The van der Waals surface area contributed by atoms with Gasteiger partial charge in [-0.3, -0.25) is 4.79 Å². The average Bonchev–Trinajstić information content (AvgIpc) is 3.07. The van der Waals surface area contributed by atoms with E-state index in [4.69, 9.17) is 0 Å². The molecule has 2 fully saturated rings. The second kappa shape index (κ2) is 6.67. The van der Waals surface area contributed by atoms with Gasteiger partial charge in [-0.1, -0.05) is 22.6 Å². The van der Waals surface area contributed by atoms with Gasteiger partial charge in [0.05, 0.1) is 8.66 Å². The Bertz CT molecular complexity index is 426. The number of fused-ring (bicyclic) bond motifs is 2. The van der Waals surface area contributed by atoms with Crippen LogP contribution in [0.15, 0.2) is 15.9 Å². The number of carbonyl (C=O) groups excluding carboxylic acids is 1. The van der Waals surface area contributed by atoms with Gasteiger partial charge in [-0.05, 0) is 52.3 Å². The molecule has 1 aromatic heterocycles. The zero-order valence-corrected chi connectivity index (χ0v) is 14.6. The van der Waals surface area contributed by atoms with Gasteiger partial charge in [0.15, 0.2) is 0 Å². The zero-order chi connectivity index (χ0) is 13.1. The predicted octanol–water partition coefficient (Wildman–Crippen LogP) is 3.18. The van der Waals surface area contributed by atoms with Crippen LogP contribution < -0.4 is 10.6 Å². The maximum absolute atomic E-state index is 11.9. The number of rotatable bonds is 2. The number of hydrogen-bond donors (Lipinski definition) is 2. The molecule has 100 valence electrons. The van der Waals surface area contributed by atoms with Gasteiger partial charge in [0.1, 0.15) is 0 Å². The van der Waals surface area contributed by atoms with Crippen LogP contribution in [0.5, 0.6) is 0 Å². The van der Waals surface area contributed by atoms with Gasteiger partial charge < -0.3 is 10.6 Å². The molecule has 3 rings (SSSR count). The van der Waals surface area contributed by atoms with E-state index in [9.17, 15) is 4.79 Å². The number of alkyl halides is 1. The Labute approximate surface area is 133 Å². The van der Waals surface area contributed by atoms with Crippen molar-refractivity contribution in [3.63, 3.8) is 0 Å². The van der Waals surface area contributed by atoms with E-state index >= 15 is 0 Å². The van der Waals surface area contributed by atoms with Crippen molar-refractivity contribution in [2.24, 2.45) is 0 Å². The maximum atomic E-state index is 11.9. The summed E-state index contributed by atoms with van der Waals surface area (Å²) < 4.78 is 1.00. The summed E-state index contributed by atoms with van der Waals surface area (Å²) >= 11 is 7.01. The molecule has 2 saturated heterocycles. The fourth-order valence-corrected chi connectivity index (χ4v) is 3.95. The largest absolute Gasteiger partial charge is 0.347 e. The average molecular weight is 443 g/mol. The lowest BCUT2D eigenvalue weighted by Gasteiger charge is -2.20. The molecule has 2 aliphatic rings. The van der Waals surface area contributed by atoms with Crippen LogP contribution in [-0.2, 0) is 0 Å². The summed E-state index contributed by atoms with van der Waals surface area (Å²) in [7, 11) is 0. The number of thiophene rings is 1. The van der Waals surface area contributed by atoms with Crippen molar-refractivity contribution in [2.75, 3.05) is 4.93 Å². The molecule has 3 heterocycles. The Morgan fingerprint density at radius 2 is 2.28 bits per heavy atom. The van der Waals surface area contributed by atoms with Crippen LogP contribution in [0.3, 0.4) is 0 Å².